The highest BCUT2D eigenvalue weighted by molar-refractivity contribution is 5.99. The quantitative estimate of drug-likeness (QED) is 0.707. The maximum atomic E-state index is 11.8. The van der Waals surface area contributed by atoms with E-state index in [1.165, 1.54) is 0 Å². The lowest BCUT2D eigenvalue weighted by atomic mass is 10.1. The molecule has 1 unspecified atom stereocenters. The summed E-state index contributed by atoms with van der Waals surface area (Å²) in [6.45, 7) is 2.01. The number of allylic oxidation sites excluding steroid dienone is 1. The van der Waals surface area contributed by atoms with E-state index in [0.29, 0.717) is 5.78 Å². The van der Waals surface area contributed by atoms with E-state index in [4.69, 9.17) is 0 Å². The second-order valence-corrected chi connectivity index (χ2v) is 4.40. The van der Waals surface area contributed by atoms with E-state index in [0.717, 1.165) is 24.1 Å². The first-order chi connectivity index (χ1) is 7.68. The van der Waals surface area contributed by atoms with Crippen LogP contribution in [0.5, 0.6) is 0 Å². The zero-order chi connectivity index (χ0) is 11.5. The molecule has 1 fully saturated rings. The number of carbonyl (C=O) groups is 1. The molecule has 2 heteroatoms. The Kier molecular flexibility index (Phi) is 3.09. The molecule has 0 aromatic heterocycles. The summed E-state index contributed by atoms with van der Waals surface area (Å²) in [7, 11) is 1.98. The Morgan fingerprint density at radius 2 is 2.00 bits per heavy atom. The molecule has 16 heavy (non-hydrogen) atoms. The fourth-order valence-electron chi connectivity index (χ4n) is 2.04. The molecule has 0 bridgehead atoms. The lowest BCUT2D eigenvalue weighted by Crippen LogP contribution is -2.12. The molecule has 84 valence electrons. The van der Waals surface area contributed by atoms with Crippen molar-refractivity contribution in [3.8, 4) is 0 Å². The highest BCUT2D eigenvalue weighted by atomic mass is 16.1. The number of benzene rings is 1. The summed E-state index contributed by atoms with van der Waals surface area (Å²) in [5, 5.41) is 0. The molecule has 0 amide bonds. The Balaban J connectivity index is 2.16. The fraction of sp³-hybridized carbons (Fsp3) is 0.357. The number of Topliss-reactive ketones (excluding diaryl/α,β-unsaturated/α-hetero) is 1. The van der Waals surface area contributed by atoms with Gasteiger partial charge in [0.15, 0.2) is 5.78 Å². The van der Waals surface area contributed by atoms with Gasteiger partial charge in [-0.3, -0.25) is 4.79 Å². The van der Waals surface area contributed by atoms with Gasteiger partial charge in [-0.25, -0.2) is 0 Å². The Morgan fingerprint density at radius 1 is 1.31 bits per heavy atom. The Bertz CT molecular complexity index is 408. The van der Waals surface area contributed by atoms with Gasteiger partial charge in [0.2, 0.25) is 0 Å². The third-order valence-corrected chi connectivity index (χ3v) is 3.12. The molecule has 1 aliphatic rings. The van der Waals surface area contributed by atoms with E-state index < -0.39 is 0 Å². The predicted octanol–water partition coefficient (Wildman–Crippen LogP) is 3.01. The van der Waals surface area contributed by atoms with Crippen LogP contribution in [0.3, 0.4) is 0 Å². The maximum Gasteiger partial charge on any atom is 0.163 e. The summed E-state index contributed by atoms with van der Waals surface area (Å²) >= 11 is 0. The van der Waals surface area contributed by atoms with Gasteiger partial charge in [0.05, 0.1) is 0 Å². The van der Waals surface area contributed by atoms with E-state index in [9.17, 15) is 4.79 Å². The monoisotopic (exact) mass is 215 g/mol. The van der Waals surface area contributed by atoms with Gasteiger partial charge in [0.25, 0.3) is 0 Å². The number of carbonyl (C=O) groups excluding carboxylic acids is 1. The maximum absolute atomic E-state index is 11.8. The van der Waals surface area contributed by atoms with Crippen molar-refractivity contribution in [2.24, 2.45) is 5.92 Å². The van der Waals surface area contributed by atoms with Crippen molar-refractivity contribution in [2.45, 2.75) is 19.8 Å². The van der Waals surface area contributed by atoms with Crippen molar-refractivity contribution >= 4 is 11.5 Å². The van der Waals surface area contributed by atoms with Crippen molar-refractivity contribution in [2.75, 3.05) is 11.9 Å². The lowest BCUT2D eigenvalue weighted by Gasteiger charge is -2.14. The Morgan fingerprint density at radius 3 is 2.56 bits per heavy atom. The van der Waals surface area contributed by atoms with Gasteiger partial charge < -0.3 is 4.90 Å². The number of nitrogens with zero attached hydrogens (tertiary/aromatic N) is 1. The van der Waals surface area contributed by atoms with Crippen molar-refractivity contribution in [1.29, 1.82) is 0 Å². The number of rotatable bonds is 2. The minimum atomic E-state index is 0.204. The smallest absolute Gasteiger partial charge is 0.163 e. The second-order valence-electron chi connectivity index (χ2n) is 4.40. The van der Waals surface area contributed by atoms with Crippen molar-refractivity contribution in [3.05, 3.63) is 42.1 Å². The van der Waals surface area contributed by atoms with Gasteiger partial charge >= 0.3 is 0 Å². The van der Waals surface area contributed by atoms with Crippen LogP contribution in [0.25, 0.3) is 0 Å². The van der Waals surface area contributed by atoms with Crippen LogP contribution in [0, 0.1) is 5.92 Å². The number of anilines is 1. The zero-order valence-electron chi connectivity index (χ0n) is 9.81. The second kappa shape index (κ2) is 4.52. The average Bonchev–Trinajstić information content (AvgIpc) is 2.62. The minimum Gasteiger partial charge on any atom is -0.351 e. The zero-order valence-corrected chi connectivity index (χ0v) is 9.81. The summed E-state index contributed by atoms with van der Waals surface area (Å²) in [4.78, 5) is 13.8. The molecule has 0 radical (unpaired) electrons. The summed E-state index contributed by atoms with van der Waals surface area (Å²) in [5.74, 6) is 0.512. The molecule has 1 atom stereocenters. The number of hydrogen-bond acceptors (Lipinski definition) is 2. The Labute approximate surface area is 96.6 Å². The topological polar surface area (TPSA) is 20.3 Å². The van der Waals surface area contributed by atoms with Crippen LogP contribution in [0.4, 0.5) is 5.69 Å². The van der Waals surface area contributed by atoms with Gasteiger partial charge in [-0.2, -0.15) is 0 Å². The third-order valence-electron chi connectivity index (χ3n) is 3.12. The fourth-order valence-corrected chi connectivity index (χ4v) is 2.04. The first kappa shape index (κ1) is 10.9. The molecular formula is C14H17NO. The predicted molar refractivity (Wildman–Crippen MR) is 66.3 cm³/mol. The van der Waals surface area contributed by atoms with E-state index in [1.807, 2.05) is 55.4 Å². The van der Waals surface area contributed by atoms with E-state index in [2.05, 4.69) is 0 Å². The van der Waals surface area contributed by atoms with Gasteiger partial charge in [0.1, 0.15) is 0 Å². The highest BCUT2D eigenvalue weighted by Gasteiger charge is 2.25. The molecule has 1 aromatic rings. The molecular weight excluding hydrogens is 198 g/mol. The van der Waals surface area contributed by atoms with E-state index in [1.54, 1.807) is 0 Å². The lowest BCUT2D eigenvalue weighted by molar-refractivity contribution is -0.117. The molecule has 0 saturated heterocycles. The summed E-state index contributed by atoms with van der Waals surface area (Å²) in [6.07, 6.45) is 3.88. The van der Waals surface area contributed by atoms with Crippen LogP contribution in [-0.4, -0.2) is 12.8 Å². The van der Waals surface area contributed by atoms with Gasteiger partial charge in [-0.1, -0.05) is 25.1 Å². The van der Waals surface area contributed by atoms with Crippen LogP contribution in [0.15, 0.2) is 42.1 Å². The van der Waals surface area contributed by atoms with Crippen LogP contribution < -0.4 is 4.90 Å². The molecule has 0 N–H and O–H groups in total. The molecule has 2 nitrogen and oxygen atoms in total. The first-order valence-electron chi connectivity index (χ1n) is 5.71. The first-order valence-corrected chi connectivity index (χ1v) is 5.71. The van der Waals surface area contributed by atoms with Crippen LogP contribution >= 0.6 is 0 Å². The Hall–Kier alpha value is -1.57. The van der Waals surface area contributed by atoms with Crippen molar-refractivity contribution in [3.63, 3.8) is 0 Å². The molecule has 0 spiro atoms. The normalized spacial score (nSPS) is 22.8. The molecule has 2 rings (SSSR count). The van der Waals surface area contributed by atoms with E-state index >= 15 is 0 Å². The molecule has 1 aromatic carbocycles. The van der Waals surface area contributed by atoms with Gasteiger partial charge in [-0.05, 0) is 25.0 Å². The van der Waals surface area contributed by atoms with Gasteiger partial charge in [0, 0.05) is 30.4 Å². The number of ketones is 1. The number of hydrogen-bond donors (Lipinski definition) is 0. The highest BCUT2D eigenvalue weighted by Crippen LogP contribution is 2.27. The van der Waals surface area contributed by atoms with Gasteiger partial charge in [-0.15, -0.1) is 0 Å². The number of para-hydroxylation sites is 1. The minimum absolute atomic E-state index is 0.204. The van der Waals surface area contributed by atoms with Crippen LogP contribution in [-0.2, 0) is 4.79 Å². The van der Waals surface area contributed by atoms with Crippen LogP contribution in [0.2, 0.25) is 0 Å². The average molecular weight is 215 g/mol. The third kappa shape index (κ3) is 2.16. The van der Waals surface area contributed by atoms with E-state index in [-0.39, 0.29) is 5.92 Å². The van der Waals surface area contributed by atoms with Crippen molar-refractivity contribution < 1.29 is 4.79 Å². The van der Waals surface area contributed by atoms with Crippen molar-refractivity contribution in [1.82, 2.24) is 0 Å². The standard InChI is InChI=1S/C14H17NO/c1-11-8-9-12(14(11)16)10-15(2)13-6-4-3-5-7-13/h3-7,10-11H,8-9H2,1-2H3. The largest absolute Gasteiger partial charge is 0.351 e. The summed E-state index contributed by atoms with van der Waals surface area (Å²) in [5.41, 5.74) is 2.07. The molecule has 1 aliphatic carbocycles. The molecule has 1 saturated carbocycles. The molecule has 0 aliphatic heterocycles. The van der Waals surface area contributed by atoms with Crippen LogP contribution in [0.1, 0.15) is 19.8 Å². The summed E-state index contributed by atoms with van der Waals surface area (Å²) in [6, 6.07) is 10.1. The molecule has 0 heterocycles. The summed E-state index contributed by atoms with van der Waals surface area (Å²) < 4.78 is 0. The SMILES string of the molecule is CC1CCC(=CN(C)c2ccccc2)C1=O.